The maximum atomic E-state index is 12.3. The monoisotopic (exact) mass is 381 g/mol. The predicted molar refractivity (Wildman–Crippen MR) is 99.5 cm³/mol. The quantitative estimate of drug-likeness (QED) is 0.796. The minimum atomic E-state index is -3.17. The lowest BCUT2D eigenvalue weighted by Crippen LogP contribution is -2.41. The fraction of sp³-hybridized carbons (Fsp3) is 0.529. The second-order valence-electron chi connectivity index (χ2n) is 6.41. The van der Waals surface area contributed by atoms with E-state index in [1.165, 1.54) is 0 Å². The first-order chi connectivity index (χ1) is 11.9. The van der Waals surface area contributed by atoms with Crippen LogP contribution in [0.15, 0.2) is 24.3 Å². The van der Waals surface area contributed by atoms with Crippen LogP contribution in [0.5, 0.6) is 5.75 Å². The van der Waals surface area contributed by atoms with Crippen LogP contribution in [-0.4, -0.2) is 48.4 Å². The van der Waals surface area contributed by atoms with Gasteiger partial charge >= 0.3 is 0 Å². The maximum Gasteiger partial charge on any atom is 0.216 e. The Balaban J connectivity index is 1.73. The predicted octanol–water partition coefficient (Wildman–Crippen LogP) is 3.13. The molecule has 1 aromatic carbocycles. The van der Waals surface area contributed by atoms with Gasteiger partial charge in [0.15, 0.2) is 5.01 Å². The van der Waals surface area contributed by atoms with Crippen LogP contribution in [0.25, 0.3) is 10.6 Å². The summed E-state index contributed by atoms with van der Waals surface area (Å²) in [4.78, 5) is 0. The van der Waals surface area contributed by atoms with E-state index in [0.29, 0.717) is 13.1 Å². The van der Waals surface area contributed by atoms with E-state index in [1.807, 2.05) is 24.3 Å². The van der Waals surface area contributed by atoms with E-state index in [0.717, 1.165) is 34.2 Å². The van der Waals surface area contributed by atoms with Gasteiger partial charge in [0.05, 0.1) is 17.9 Å². The van der Waals surface area contributed by atoms with Crippen molar-refractivity contribution in [2.45, 2.75) is 37.9 Å². The molecule has 0 aliphatic carbocycles. The van der Waals surface area contributed by atoms with Crippen LogP contribution in [0.4, 0.5) is 0 Å². The normalized spacial score (nSPS) is 17.1. The third kappa shape index (κ3) is 3.70. The number of ether oxygens (including phenoxy) is 1. The van der Waals surface area contributed by atoms with Crippen LogP contribution in [0.3, 0.4) is 0 Å². The Bertz CT molecular complexity index is 825. The summed E-state index contributed by atoms with van der Waals surface area (Å²) in [5.41, 5.74) is 0.938. The van der Waals surface area contributed by atoms with E-state index in [1.54, 1.807) is 36.6 Å². The minimum Gasteiger partial charge on any atom is -0.496 e. The number of hydrogen-bond donors (Lipinski definition) is 0. The minimum absolute atomic E-state index is 0.263. The molecule has 0 atom stereocenters. The lowest BCUT2D eigenvalue weighted by molar-refractivity contribution is 0.316. The zero-order valence-corrected chi connectivity index (χ0v) is 16.3. The number of sulfonamides is 1. The highest BCUT2D eigenvalue weighted by Gasteiger charge is 2.32. The van der Waals surface area contributed by atoms with Gasteiger partial charge in [-0.05, 0) is 38.8 Å². The lowest BCUT2D eigenvalue weighted by atomic mass is 9.99. The van der Waals surface area contributed by atoms with Crippen LogP contribution in [-0.2, 0) is 10.0 Å². The van der Waals surface area contributed by atoms with Crippen molar-refractivity contribution in [3.8, 4) is 16.3 Å². The molecule has 136 valence electrons. The molecule has 1 aliphatic rings. The first-order valence-corrected chi connectivity index (χ1v) is 10.7. The van der Waals surface area contributed by atoms with E-state index >= 15 is 0 Å². The van der Waals surface area contributed by atoms with Crippen LogP contribution in [0.1, 0.15) is 37.6 Å². The number of hydrogen-bond acceptors (Lipinski definition) is 6. The number of piperidine rings is 1. The Morgan fingerprint density at radius 2 is 1.88 bits per heavy atom. The van der Waals surface area contributed by atoms with Crippen LogP contribution >= 0.6 is 11.3 Å². The zero-order chi connectivity index (χ0) is 18.0. The van der Waals surface area contributed by atoms with Crippen molar-refractivity contribution in [2.75, 3.05) is 20.2 Å². The molecule has 1 aromatic heterocycles. The molecule has 0 spiro atoms. The molecule has 1 aliphatic heterocycles. The van der Waals surface area contributed by atoms with Crippen LogP contribution < -0.4 is 4.74 Å². The average molecular weight is 382 g/mol. The molecule has 0 saturated carbocycles. The highest BCUT2D eigenvalue weighted by Crippen LogP contribution is 2.37. The van der Waals surface area contributed by atoms with Crippen molar-refractivity contribution in [3.05, 3.63) is 29.3 Å². The Morgan fingerprint density at radius 3 is 2.52 bits per heavy atom. The van der Waals surface area contributed by atoms with E-state index < -0.39 is 10.0 Å². The smallest absolute Gasteiger partial charge is 0.216 e. The van der Waals surface area contributed by atoms with Gasteiger partial charge in [-0.2, -0.15) is 0 Å². The van der Waals surface area contributed by atoms with Crippen LogP contribution in [0.2, 0.25) is 0 Å². The summed E-state index contributed by atoms with van der Waals surface area (Å²) < 4.78 is 31.6. The molecule has 0 amide bonds. The Labute approximate surface area is 152 Å². The third-order valence-electron chi connectivity index (χ3n) is 4.54. The topological polar surface area (TPSA) is 72.4 Å². The maximum absolute atomic E-state index is 12.3. The molecule has 6 nitrogen and oxygen atoms in total. The van der Waals surface area contributed by atoms with E-state index in [2.05, 4.69) is 10.2 Å². The van der Waals surface area contributed by atoms with Crippen molar-refractivity contribution in [1.29, 1.82) is 0 Å². The average Bonchev–Trinajstić information content (AvgIpc) is 3.11. The summed E-state index contributed by atoms with van der Waals surface area (Å²) in [6.45, 7) is 4.56. The van der Waals surface area contributed by atoms with Gasteiger partial charge < -0.3 is 4.74 Å². The van der Waals surface area contributed by atoms with Gasteiger partial charge in [-0.1, -0.05) is 23.5 Å². The number of aromatic nitrogens is 2. The first kappa shape index (κ1) is 18.3. The van der Waals surface area contributed by atoms with Crippen molar-refractivity contribution < 1.29 is 13.2 Å². The summed E-state index contributed by atoms with van der Waals surface area (Å²) in [5, 5.41) is 10.1. The van der Waals surface area contributed by atoms with Crippen LogP contribution in [0, 0.1) is 0 Å². The van der Waals surface area contributed by atoms with Crippen molar-refractivity contribution in [1.82, 2.24) is 14.5 Å². The SMILES string of the molecule is COc1ccccc1-c1nnc(C2CCN(S(=O)(=O)C(C)C)CC2)s1. The molecular formula is C17H23N3O3S2. The van der Waals surface area contributed by atoms with Gasteiger partial charge in [0.2, 0.25) is 10.0 Å². The molecule has 0 bridgehead atoms. The van der Waals surface area contributed by atoms with Gasteiger partial charge in [-0.3, -0.25) is 0 Å². The molecule has 0 radical (unpaired) electrons. The Kier molecular flexibility index (Phi) is 5.41. The summed E-state index contributed by atoms with van der Waals surface area (Å²) in [7, 11) is -1.52. The summed E-state index contributed by atoms with van der Waals surface area (Å²) in [6, 6.07) is 7.76. The van der Waals surface area contributed by atoms with Gasteiger partial charge in [0, 0.05) is 19.0 Å². The number of rotatable bonds is 5. The summed E-state index contributed by atoms with van der Waals surface area (Å²) in [5.74, 6) is 1.04. The third-order valence-corrected chi connectivity index (χ3v) is 7.93. The highest BCUT2D eigenvalue weighted by molar-refractivity contribution is 7.89. The van der Waals surface area contributed by atoms with Gasteiger partial charge in [-0.25, -0.2) is 12.7 Å². The molecule has 2 aromatic rings. The number of para-hydroxylation sites is 1. The molecule has 0 N–H and O–H groups in total. The van der Waals surface area contributed by atoms with Gasteiger partial charge in [-0.15, -0.1) is 10.2 Å². The molecule has 1 saturated heterocycles. The fourth-order valence-corrected chi connectivity index (χ4v) is 5.34. The molecule has 2 heterocycles. The van der Waals surface area contributed by atoms with Gasteiger partial charge in [0.1, 0.15) is 10.8 Å². The zero-order valence-electron chi connectivity index (χ0n) is 14.7. The molecule has 3 rings (SSSR count). The Hall–Kier alpha value is -1.51. The second-order valence-corrected chi connectivity index (χ2v) is 9.91. The largest absolute Gasteiger partial charge is 0.496 e. The molecule has 0 unspecified atom stereocenters. The first-order valence-electron chi connectivity index (χ1n) is 8.39. The fourth-order valence-electron chi connectivity index (χ4n) is 2.99. The van der Waals surface area contributed by atoms with E-state index in [4.69, 9.17) is 4.74 Å². The second kappa shape index (κ2) is 7.39. The standard InChI is InChI=1S/C17H23N3O3S2/c1-12(2)25(21,22)20-10-8-13(9-11-20)16-18-19-17(24-16)14-6-4-5-7-15(14)23-3/h4-7,12-13H,8-11H2,1-3H3. The molecular weight excluding hydrogens is 358 g/mol. The van der Waals surface area contributed by atoms with E-state index in [-0.39, 0.29) is 11.2 Å². The van der Waals surface area contributed by atoms with E-state index in [9.17, 15) is 8.42 Å². The number of nitrogens with zero attached hydrogens (tertiary/aromatic N) is 3. The molecule has 25 heavy (non-hydrogen) atoms. The van der Waals surface area contributed by atoms with Crippen molar-refractivity contribution in [2.24, 2.45) is 0 Å². The van der Waals surface area contributed by atoms with Gasteiger partial charge in [0.25, 0.3) is 0 Å². The number of benzene rings is 1. The molecule has 1 fully saturated rings. The van der Waals surface area contributed by atoms with Crippen molar-refractivity contribution >= 4 is 21.4 Å². The van der Waals surface area contributed by atoms with Crippen molar-refractivity contribution in [3.63, 3.8) is 0 Å². The Morgan fingerprint density at radius 1 is 1.20 bits per heavy atom. The highest BCUT2D eigenvalue weighted by atomic mass is 32.2. The molecule has 8 heteroatoms. The number of methoxy groups -OCH3 is 1. The lowest BCUT2D eigenvalue weighted by Gasteiger charge is -2.31. The summed E-state index contributed by atoms with van der Waals surface area (Å²) in [6.07, 6.45) is 1.57. The summed E-state index contributed by atoms with van der Waals surface area (Å²) >= 11 is 1.57.